The first kappa shape index (κ1) is 13.6. The maximum atomic E-state index is 6.03. The third kappa shape index (κ3) is 3.55. The molecule has 0 aliphatic heterocycles. The summed E-state index contributed by atoms with van der Waals surface area (Å²) in [5.74, 6) is 1.23. The van der Waals surface area contributed by atoms with Gasteiger partial charge in [-0.25, -0.2) is 9.97 Å². The van der Waals surface area contributed by atoms with Gasteiger partial charge in [-0.1, -0.05) is 55.3 Å². The molecule has 1 aliphatic carbocycles. The van der Waals surface area contributed by atoms with Crippen molar-refractivity contribution in [2.75, 3.05) is 0 Å². The van der Waals surface area contributed by atoms with Gasteiger partial charge in [0.2, 0.25) is 0 Å². The molecule has 1 saturated carbocycles. The molecule has 2 nitrogen and oxygen atoms in total. The second kappa shape index (κ2) is 6.35. The van der Waals surface area contributed by atoms with E-state index in [1.807, 2.05) is 0 Å². The highest BCUT2D eigenvalue weighted by Crippen LogP contribution is 2.33. The number of rotatable bonds is 1. The molecular formula is C12H15BrCl2N2. The third-order valence-corrected chi connectivity index (χ3v) is 5.01. The summed E-state index contributed by atoms with van der Waals surface area (Å²) in [5, 5.41) is 0.837. The second-order valence-corrected chi connectivity index (χ2v) is 6.03. The Morgan fingerprint density at radius 3 is 1.88 bits per heavy atom. The molecule has 0 N–H and O–H groups in total. The molecule has 2 rings (SSSR count). The van der Waals surface area contributed by atoms with Gasteiger partial charge in [0.15, 0.2) is 0 Å². The van der Waals surface area contributed by atoms with E-state index in [4.69, 9.17) is 23.2 Å². The van der Waals surface area contributed by atoms with Crippen LogP contribution in [0, 0.1) is 0 Å². The molecule has 0 spiro atoms. The first-order valence-electron chi connectivity index (χ1n) is 6.07. The van der Waals surface area contributed by atoms with Gasteiger partial charge < -0.3 is 0 Å². The molecule has 94 valence electrons. The van der Waals surface area contributed by atoms with Crippen LogP contribution in [0.3, 0.4) is 0 Å². The highest BCUT2D eigenvalue weighted by atomic mass is 79.9. The van der Waals surface area contributed by atoms with E-state index >= 15 is 0 Å². The topological polar surface area (TPSA) is 25.8 Å². The number of nitrogens with zero attached hydrogens (tertiary/aromatic N) is 2. The lowest BCUT2D eigenvalue weighted by Crippen LogP contribution is -2.07. The van der Waals surface area contributed by atoms with E-state index in [0.717, 1.165) is 18.7 Å². The van der Waals surface area contributed by atoms with Crippen LogP contribution in [-0.4, -0.2) is 9.97 Å². The molecular weight excluding hydrogens is 323 g/mol. The van der Waals surface area contributed by atoms with Gasteiger partial charge in [0.25, 0.3) is 0 Å². The lowest BCUT2D eigenvalue weighted by atomic mass is 9.90. The molecule has 0 radical (unpaired) electrons. The van der Waals surface area contributed by atoms with Crippen LogP contribution in [-0.2, 0) is 0 Å². The van der Waals surface area contributed by atoms with Gasteiger partial charge in [0, 0.05) is 5.92 Å². The fraction of sp³-hybridized carbons (Fsp3) is 0.667. The van der Waals surface area contributed by atoms with E-state index in [1.165, 1.54) is 32.1 Å². The zero-order valence-electron chi connectivity index (χ0n) is 9.56. The number of hydrogen-bond donors (Lipinski definition) is 0. The minimum absolute atomic E-state index is 0.415. The van der Waals surface area contributed by atoms with E-state index in [9.17, 15) is 0 Å². The Bertz CT molecular complexity index is 367. The quantitative estimate of drug-likeness (QED) is 0.643. The van der Waals surface area contributed by atoms with E-state index in [0.29, 0.717) is 20.7 Å². The molecule has 1 aliphatic rings. The average Bonchev–Trinajstić information content (AvgIpc) is 2.25. The standard InChI is InChI=1S/C12H15BrCl2N2/c13-9-10(14)16-12(17-11(9)15)8-6-4-2-1-3-5-7-8/h8H,1-7H2. The lowest BCUT2D eigenvalue weighted by molar-refractivity contribution is 0.442. The van der Waals surface area contributed by atoms with Crippen LogP contribution in [0.5, 0.6) is 0 Å². The summed E-state index contributed by atoms with van der Waals surface area (Å²) in [4.78, 5) is 8.71. The summed E-state index contributed by atoms with van der Waals surface area (Å²) in [6.45, 7) is 0. The van der Waals surface area contributed by atoms with Crippen LogP contribution >= 0.6 is 39.1 Å². The SMILES string of the molecule is Clc1nc(C2CCCCCCC2)nc(Cl)c1Br. The van der Waals surface area contributed by atoms with Crippen LogP contribution in [0.25, 0.3) is 0 Å². The van der Waals surface area contributed by atoms with Crippen molar-refractivity contribution >= 4 is 39.1 Å². The summed E-state index contributed by atoms with van der Waals surface area (Å²) >= 11 is 15.3. The lowest BCUT2D eigenvalue weighted by Gasteiger charge is -2.18. The molecule has 1 fully saturated rings. The van der Waals surface area contributed by atoms with Gasteiger partial charge in [0.05, 0.1) is 4.47 Å². The Kier molecular flexibility index (Phi) is 5.07. The van der Waals surface area contributed by atoms with Gasteiger partial charge >= 0.3 is 0 Å². The first-order chi connectivity index (χ1) is 8.18. The van der Waals surface area contributed by atoms with E-state index in [2.05, 4.69) is 25.9 Å². The fourth-order valence-electron chi connectivity index (χ4n) is 2.31. The maximum absolute atomic E-state index is 6.03. The second-order valence-electron chi connectivity index (χ2n) is 4.52. The molecule has 1 aromatic rings. The molecule has 0 unspecified atom stereocenters. The van der Waals surface area contributed by atoms with Crippen LogP contribution < -0.4 is 0 Å². The van der Waals surface area contributed by atoms with Crippen molar-refractivity contribution in [3.8, 4) is 0 Å². The summed E-state index contributed by atoms with van der Waals surface area (Å²) in [5.41, 5.74) is 0. The zero-order valence-corrected chi connectivity index (χ0v) is 12.7. The number of halogens is 3. The van der Waals surface area contributed by atoms with Crippen LogP contribution in [0.4, 0.5) is 0 Å². The largest absolute Gasteiger partial charge is 0.220 e. The van der Waals surface area contributed by atoms with Crippen molar-refractivity contribution < 1.29 is 0 Å². The fourth-order valence-corrected chi connectivity index (χ4v) is 2.88. The monoisotopic (exact) mass is 336 g/mol. The molecule has 1 aromatic heterocycles. The Balaban J connectivity index is 2.19. The van der Waals surface area contributed by atoms with Gasteiger partial charge in [-0.05, 0) is 28.8 Å². The highest BCUT2D eigenvalue weighted by Gasteiger charge is 2.19. The van der Waals surface area contributed by atoms with Crippen LogP contribution in [0.1, 0.15) is 56.7 Å². The normalized spacial score (nSPS) is 18.8. The molecule has 1 heterocycles. The zero-order chi connectivity index (χ0) is 12.3. The van der Waals surface area contributed by atoms with Crippen molar-refractivity contribution in [1.29, 1.82) is 0 Å². The van der Waals surface area contributed by atoms with Crippen molar-refractivity contribution in [2.45, 2.75) is 50.9 Å². The Morgan fingerprint density at radius 1 is 0.882 bits per heavy atom. The minimum Gasteiger partial charge on any atom is -0.220 e. The van der Waals surface area contributed by atoms with Crippen molar-refractivity contribution in [3.05, 3.63) is 20.6 Å². The number of hydrogen-bond acceptors (Lipinski definition) is 2. The summed E-state index contributed by atoms with van der Waals surface area (Å²) in [7, 11) is 0. The van der Waals surface area contributed by atoms with Gasteiger partial charge in [-0.2, -0.15) is 0 Å². The van der Waals surface area contributed by atoms with Gasteiger partial charge in [0.1, 0.15) is 16.1 Å². The molecule has 0 saturated heterocycles. The molecule has 0 bridgehead atoms. The van der Waals surface area contributed by atoms with Gasteiger partial charge in [-0.15, -0.1) is 0 Å². The summed E-state index contributed by atoms with van der Waals surface area (Å²) < 4.78 is 0.593. The van der Waals surface area contributed by atoms with E-state index in [1.54, 1.807) is 0 Å². The third-order valence-electron chi connectivity index (χ3n) is 3.26. The van der Waals surface area contributed by atoms with Crippen molar-refractivity contribution in [2.24, 2.45) is 0 Å². The summed E-state index contributed by atoms with van der Waals surface area (Å²) in [6.07, 6.45) is 8.78. The predicted molar refractivity (Wildman–Crippen MR) is 74.8 cm³/mol. The molecule has 5 heteroatoms. The van der Waals surface area contributed by atoms with Gasteiger partial charge in [-0.3, -0.25) is 0 Å². The van der Waals surface area contributed by atoms with Crippen LogP contribution in [0.15, 0.2) is 4.47 Å². The van der Waals surface area contributed by atoms with E-state index in [-0.39, 0.29) is 0 Å². The molecule has 0 amide bonds. The Morgan fingerprint density at radius 2 is 1.35 bits per heavy atom. The highest BCUT2D eigenvalue weighted by molar-refractivity contribution is 9.10. The Labute approximate surface area is 120 Å². The van der Waals surface area contributed by atoms with Crippen molar-refractivity contribution in [1.82, 2.24) is 9.97 Å². The van der Waals surface area contributed by atoms with Crippen molar-refractivity contribution in [3.63, 3.8) is 0 Å². The minimum atomic E-state index is 0.415. The maximum Gasteiger partial charge on any atom is 0.148 e. The number of aromatic nitrogens is 2. The molecule has 17 heavy (non-hydrogen) atoms. The van der Waals surface area contributed by atoms with Crippen LogP contribution in [0.2, 0.25) is 10.3 Å². The molecule has 0 aromatic carbocycles. The predicted octanol–water partition coefficient (Wildman–Crippen LogP) is 5.37. The Hall–Kier alpha value is 0.140. The van der Waals surface area contributed by atoms with E-state index < -0.39 is 0 Å². The average molecular weight is 338 g/mol. The molecule has 0 atom stereocenters. The summed E-state index contributed by atoms with van der Waals surface area (Å²) in [6, 6.07) is 0. The smallest absolute Gasteiger partial charge is 0.148 e. The first-order valence-corrected chi connectivity index (χ1v) is 7.62.